The molecule has 1 fully saturated rings. The smallest absolute Gasteiger partial charge is 0.267 e. The number of nitrogens with one attached hydrogen (secondary N) is 1. The van der Waals surface area contributed by atoms with E-state index in [-0.39, 0.29) is 24.0 Å². The van der Waals surface area contributed by atoms with E-state index in [4.69, 9.17) is 11.6 Å². The van der Waals surface area contributed by atoms with Crippen LogP contribution in [-0.2, 0) is 0 Å². The summed E-state index contributed by atoms with van der Waals surface area (Å²) in [5.41, 5.74) is 0.436. The van der Waals surface area contributed by atoms with Gasteiger partial charge >= 0.3 is 0 Å². The van der Waals surface area contributed by atoms with Crippen LogP contribution in [0.4, 0.5) is 0 Å². The van der Waals surface area contributed by atoms with Gasteiger partial charge in [-0.15, -0.1) is 0 Å². The van der Waals surface area contributed by atoms with Gasteiger partial charge in [0.05, 0.1) is 11.6 Å². The molecule has 0 radical (unpaired) electrons. The zero-order chi connectivity index (χ0) is 15.5. The number of amides is 1. The molecule has 0 unspecified atom stereocenters. The topological polar surface area (TPSA) is 54.3 Å². The number of rotatable bonds is 5. The molecule has 1 aliphatic carbocycles. The second kappa shape index (κ2) is 6.84. The monoisotopic (exact) mass is 312 g/mol. The predicted molar refractivity (Wildman–Crippen MR) is 84.8 cm³/mol. The Morgan fingerprint density at radius 1 is 1.43 bits per heavy atom. The Labute approximate surface area is 131 Å². The number of halogens is 1. The average Bonchev–Trinajstić information content (AvgIpc) is 2.88. The van der Waals surface area contributed by atoms with Crippen LogP contribution in [0.5, 0.6) is 0 Å². The molecule has 4 nitrogen and oxygen atoms in total. The Bertz CT molecular complexity index is 490. The fourth-order valence-corrected chi connectivity index (χ4v) is 3.31. The van der Waals surface area contributed by atoms with Crippen LogP contribution in [0, 0.1) is 5.41 Å². The van der Waals surface area contributed by atoms with Gasteiger partial charge in [-0.05, 0) is 32.8 Å². The Hall–Kier alpha value is -1.00. The molecule has 0 bridgehead atoms. The number of hydrogen-bond donors (Lipinski definition) is 2. The molecule has 2 rings (SSSR count). The van der Waals surface area contributed by atoms with E-state index in [9.17, 15) is 9.90 Å². The second-order valence-corrected chi connectivity index (χ2v) is 6.88. The van der Waals surface area contributed by atoms with Gasteiger partial charge in [-0.3, -0.25) is 4.79 Å². The third-order valence-electron chi connectivity index (χ3n) is 4.48. The molecule has 0 atom stereocenters. The maximum absolute atomic E-state index is 12.4. The SMILES string of the molecule is CC(C)n1cc(Cl)cc1C(=O)NCC1(CO)CCCCC1. The number of aliphatic hydroxyl groups is 1. The quantitative estimate of drug-likeness (QED) is 0.875. The average molecular weight is 313 g/mol. The zero-order valence-corrected chi connectivity index (χ0v) is 13.6. The first-order valence-electron chi connectivity index (χ1n) is 7.74. The van der Waals surface area contributed by atoms with Crippen molar-refractivity contribution in [3.8, 4) is 0 Å². The minimum Gasteiger partial charge on any atom is -0.396 e. The van der Waals surface area contributed by atoms with Gasteiger partial charge in [0.15, 0.2) is 0 Å². The molecule has 1 aliphatic rings. The van der Waals surface area contributed by atoms with Crippen LogP contribution in [0.3, 0.4) is 0 Å². The van der Waals surface area contributed by atoms with E-state index >= 15 is 0 Å². The van der Waals surface area contributed by atoms with Crippen molar-refractivity contribution in [3.63, 3.8) is 0 Å². The highest BCUT2D eigenvalue weighted by Crippen LogP contribution is 2.35. The minimum absolute atomic E-state index is 0.117. The first-order valence-corrected chi connectivity index (χ1v) is 8.12. The maximum atomic E-state index is 12.4. The summed E-state index contributed by atoms with van der Waals surface area (Å²) in [6.45, 7) is 4.70. The van der Waals surface area contributed by atoms with Crippen molar-refractivity contribution in [1.29, 1.82) is 0 Å². The highest BCUT2D eigenvalue weighted by molar-refractivity contribution is 6.31. The summed E-state index contributed by atoms with van der Waals surface area (Å²) in [4.78, 5) is 12.4. The summed E-state index contributed by atoms with van der Waals surface area (Å²) in [5, 5.41) is 13.3. The lowest BCUT2D eigenvalue weighted by Crippen LogP contribution is -2.41. The van der Waals surface area contributed by atoms with Gasteiger partial charge in [-0.25, -0.2) is 0 Å². The lowest BCUT2D eigenvalue weighted by atomic mass is 9.74. The van der Waals surface area contributed by atoms with Gasteiger partial charge in [0.25, 0.3) is 5.91 Å². The Morgan fingerprint density at radius 2 is 2.10 bits per heavy atom. The summed E-state index contributed by atoms with van der Waals surface area (Å²) in [7, 11) is 0. The van der Waals surface area contributed by atoms with E-state index in [0.717, 1.165) is 25.7 Å². The lowest BCUT2D eigenvalue weighted by Gasteiger charge is -2.35. The summed E-state index contributed by atoms with van der Waals surface area (Å²) >= 11 is 6.02. The number of aromatic nitrogens is 1. The first-order chi connectivity index (χ1) is 9.97. The normalized spacial score (nSPS) is 18.0. The fraction of sp³-hybridized carbons (Fsp3) is 0.688. The molecular formula is C16H25ClN2O2. The van der Waals surface area contributed by atoms with Crippen molar-refractivity contribution in [2.24, 2.45) is 5.41 Å². The molecule has 0 spiro atoms. The van der Waals surface area contributed by atoms with Crippen molar-refractivity contribution in [3.05, 3.63) is 23.0 Å². The Kier molecular flexibility index (Phi) is 5.33. The van der Waals surface area contributed by atoms with E-state index in [2.05, 4.69) is 5.32 Å². The van der Waals surface area contributed by atoms with Gasteiger partial charge < -0.3 is 15.0 Å². The van der Waals surface area contributed by atoms with E-state index in [1.165, 1.54) is 6.42 Å². The Morgan fingerprint density at radius 3 is 2.67 bits per heavy atom. The fourth-order valence-electron chi connectivity index (χ4n) is 3.11. The van der Waals surface area contributed by atoms with Crippen LogP contribution in [0.2, 0.25) is 5.02 Å². The largest absolute Gasteiger partial charge is 0.396 e. The van der Waals surface area contributed by atoms with E-state index < -0.39 is 0 Å². The summed E-state index contributed by atoms with van der Waals surface area (Å²) < 4.78 is 1.88. The molecule has 0 saturated heterocycles. The molecule has 2 N–H and O–H groups in total. The van der Waals surface area contributed by atoms with Gasteiger partial charge in [-0.1, -0.05) is 30.9 Å². The predicted octanol–water partition coefficient (Wildman–Crippen LogP) is 3.40. The van der Waals surface area contributed by atoms with Gasteiger partial charge in [0.2, 0.25) is 0 Å². The molecule has 1 aromatic rings. The molecule has 1 amide bonds. The van der Waals surface area contributed by atoms with Gasteiger partial charge in [-0.2, -0.15) is 0 Å². The standard InChI is InChI=1S/C16H25ClN2O2/c1-12(2)19-9-13(17)8-14(19)15(21)18-10-16(11-20)6-4-3-5-7-16/h8-9,12,20H,3-7,10-11H2,1-2H3,(H,18,21). The number of carbonyl (C=O) groups is 1. The van der Waals surface area contributed by atoms with E-state index in [0.29, 0.717) is 17.3 Å². The molecular weight excluding hydrogens is 288 g/mol. The molecule has 1 saturated carbocycles. The number of hydrogen-bond acceptors (Lipinski definition) is 2. The number of aliphatic hydroxyl groups excluding tert-OH is 1. The van der Waals surface area contributed by atoms with Crippen LogP contribution >= 0.6 is 11.6 Å². The van der Waals surface area contributed by atoms with Crippen LogP contribution in [-0.4, -0.2) is 28.7 Å². The summed E-state index contributed by atoms with van der Waals surface area (Å²) in [6.07, 6.45) is 7.23. The molecule has 1 aromatic heterocycles. The van der Waals surface area contributed by atoms with Gasteiger partial charge in [0.1, 0.15) is 5.69 Å². The Balaban J connectivity index is 2.04. The van der Waals surface area contributed by atoms with Crippen molar-refractivity contribution in [2.45, 2.75) is 52.0 Å². The van der Waals surface area contributed by atoms with Crippen LogP contribution in [0.25, 0.3) is 0 Å². The van der Waals surface area contributed by atoms with Crippen molar-refractivity contribution in [2.75, 3.05) is 13.2 Å². The molecule has 0 aliphatic heterocycles. The molecule has 21 heavy (non-hydrogen) atoms. The van der Waals surface area contributed by atoms with Crippen molar-refractivity contribution < 1.29 is 9.90 Å². The number of nitrogens with zero attached hydrogens (tertiary/aromatic N) is 1. The molecule has 5 heteroatoms. The number of carbonyl (C=O) groups excluding carboxylic acids is 1. The third-order valence-corrected chi connectivity index (χ3v) is 4.68. The van der Waals surface area contributed by atoms with Gasteiger partial charge in [0, 0.05) is 24.2 Å². The van der Waals surface area contributed by atoms with Crippen LogP contribution in [0.15, 0.2) is 12.3 Å². The second-order valence-electron chi connectivity index (χ2n) is 6.45. The van der Waals surface area contributed by atoms with E-state index in [1.807, 2.05) is 18.4 Å². The van der Waals surface area contributed by atoms with E-state index in [1.54, 1.807) is 12.3 Å². The molecule has 118 valence electrons. The third kappa shape index (κ3) is 3.80. The lowest BCUT2D eigenvalue weighted by molar-refractivity contribution is 0.0712. The zero-order valence-electron chi connectivity index (χ0n) is 12.9. The van der Waals surface area contributed by atoms with Crippen LogP contribution in [0.1, 0.15) is 62.5 Å². The minimum atomic E-state index is -0.146. The highest BCUT2D eigenvalue weighted by atomic mass is 35.5. The maximum Gasteiger partial charge on any atom is 0.267 e. The van der Waals surface area contributed by atoms with Crippen LogP contribution < -0.4 is 5.32 Å². The van der Waals surface area contributed by atoms with Crippen molar-refractivity contribution in [1.82, 2.24) is 9.88 Å². The first kappa shape index (κ1) is 16.4. The highest BCUT2D eigenvalue weighted by Gasteiger charge is 2.32. The summed E-state index contributed by atoms with van der Waals surface area (Å²) in [6, 6.07) is 1.88. The summed E-state index contributed by atoms with van der Waals surface area (Å²) in [5.74, 6) is -0.117. The molecule has 0 aromatic carbocycles. The van der Waals surface area contributed by atoms with Crippen molar-refractivity contribution >= 4 is 17.5 Å². The molecule has 1 heterocycles.